The van der Waals surface area contributed by atoms with Crippen LogP contribution in [0, 0.1) is 0 Å². The number of ether oxygens (including phenoxy) is 1. The van der Waals surface area contributed by atoms with Gasteiger partial charge in [-0.15, -0.1) is 0 Å². The van der Waals surface area contributed by atoms with E-state index in [1.54, 1.807) is 17.7 Å². The average molecular weight is 357 g/mol. The lowest BCUT2D eigenvalue weighted by Crippen LogP contribution is -2.34. The van der Waals surface area contributed by atoms with Crippen LogP contribution in [0.2, 0.25) is 0 Å². The maximum absolute atomic E-state index is 11.7. The minimum atomic E-state index is 0.0179. The Morgan fingerprint density at radius 1 is 1.08 bits per heavy atom. The van der Waals surface area contributed by atoms with Crippen molar-refractivity contribution in [3.63, 3.8) is 0 Å². The highest BCUT2D eigenvalue weighted by atomic mass is 16.5. The molecule has 1 fully saturated rings. The highest BCUT2D eigenvalue weighted by Crippen LogP contribution is 2.22. The highest BCUT2D eigenvalue weighted by molar-refractivity contribution is 5.80. The molecule has 0 spiro atoms. The van der Waals surface area contributed by atoms with Crippen LogP contribution in [0.5, 0.6) is 5.75 Å². The molecule has 1 aromatic heterocycles. The first-order valence-electron chi connectivity index (χ1n) is 10.1. The number of rotatable bonds is 8. The minimum absolute atomic E-state index is 0.0179. The molecule has 1 heterocycles. The molecule has 0 N–H and O–H groups in total. The van der Waals surface area contributed by atoms with Crippen molar-refractivity contribution in [1.82, 2.24) is 9.47 Å². The SMILES string of the molecule is CN(CCCCCOc1ccc2c(ccc(=O)n2C)c1)C1CCCCC1. The van der Waals surface area contributed by atoms with Gasteiger partial charge in [0.15, 0.2) is 0 Å². The van der Waals surface area contributed by atoms with Crippen LogP contribution in [-0.4, -0.2) is 35.7 Å². The van der Waals surface area contributed by atoms with Gasteiger partial charge in [-0.05, 0) is 70.0 Å². The zero-order valence-electron chi connectivity index (χ0n) is 16.2. The van der Waals surface area contributed by atoms with Gasteiger partial charge >= 0.3 is 0 Å². The summed E-state index contributed by atoms with van der Waals surface area (Å²) in [6.45, 7) is 1.96. The van der Waals surface area contributed by atoms with Gasteiger partial charge in [-0.1, -0.05) is 19.3 Å². The van der Waals surface area contributed by atoms with Gasteiger partial charge in [0.2, 0.25) is 0 Å². The van der Waals surface area contributed by atoms with Crippen LogP contribution in [-0.2, 0) is 7.05 Å². The quantitative estimate of drug-likeness (QED) is 0.660. The van der Waals surface area contributed by atoms with Crippen molar-refractivity contribution >= 4 is 10.9 Å². The lowest BCUT2D eigenvalue weighted by molar-refractivity contribution is 0.187. The van der Waals surface area contributed by atoms with Gasteiger partial charge in [-0.2, -0.15) is 0 Å². The molecule has 0 atom stereocenters. The van der Waals surface area contributed by atoms with E-state index in [4.69, 9.17) is 4.74 Å². The number of benzene rings is 1. The van der Waals surface area contributed by atoms with Gasteiger partial charge < -0.3 is 14.2 Å². The van der Waals surface area contributed by atoms with Crippen LogP contribution in [0.4, 0.5) is 0 Å². The summed E-state index contributed by atoms with van der Waals surface area (Å²) in [5.74, 6) is 0.885. The van der Waals surface area contributed by atoms with Gasteiger partial charge in [-0.3, -0.25) is 4.79 Å². The zero-order valence-corrected chi connectivity index (χ0v) is 16.2. The molecule has 0 unspecified atom stereocenters. The van der Waals surface area contributed by atoms with E-state index in [0.29, 0.717) is 0 Å². The first kappa shape index (κ1) is 19.0. The second-order valence-electron chi connectivity index (χ2n) is 7.63. The highest BCUT2D eigenvalue weighted by Gasteiger charge is 2.17. The summed E-state index contributed by atoms with van der Waals surface area (Å²) in [4.78, 5) is 14.2. The van der Waals surface area contributed by atoms with E-state index in [1.807, 2.05) is 24.3 Å². The van der Waals surface area contributed by atoms with Crippen molar-refractivity contribution in [2.24, 2.45) is 7.05 Å². The maximum Gasteiger partial charge on any atom is 0.250 e. The molecule has 0 radical (unpaired) electrons. The number of unbranched alkanes of at least 4 members (excludes halogenated alkanes) is 2. The van der Waals surface area contributed by atoms with E-state index in [2.05, 4.69) is 11.9 Å². The van der Waals surface area contributed by atoms with Crippen LogP contribution >= 0.6 is 0 Å². The van der Waals surface area contributed by atoms with Gasteiger partial charge in [0.25, 0.3) is 5.56 Å². The summed E-state index contributed by atoms with van der Waals surface area (Å²) in [5.41, 5.74) is 0.958. The average Bonchev–Trinajstić information content (AvgIpc) is 2.68. The number of hydrogen-bond donors (Lipinski definition) is 0. The van der Waals surface area contributed by atoms with E-state index < -0.39 is 0 Å². The number of aryl methyl sites for hydroxylation is 1. The normalized spacial score (nSPS) is 15.7. The van der Waals surface area contributed by atoms with Crippen molar-refractivity contribution < 1.29 is 4.74 Å². The third-order valence-electron chi connectivity index (χ3n) is 5.72. The second-order valence-corrected chi connectivity index (χ2v) is 7.63. The van der Waals surface area contributed by atoms with E-state index in [1.165, 1.54) is 51.5 Å². The van der Waals surface area contributed by atoms with E-state index in [0.717, 1.165) is 35.7 Å². The van der Waals surface area contributed by atoms with Crippen LogP contribution in [0.15, 0.2) is 35.1 Å². The standard InChI is InChI=1S/C22H32N2O2/c1-23(19-9-5-3-6-10-19)15-7-4-8-16-26-20-12-13-21-18(17-20)11-14-22(25)24(21)2/h11-14,17,19H,3-10,15-16H2,1-2H3. The molecule has 2 aromatic rings. The van der Waals surface area contributed by atoms with Gasteiger partial charge in [0, 0.05) is 24.5 Å². The molecule has 1 aromatic carbocycles. The fourth-order valence-corrected chi connectivity index (χ4v) is 3.99. The van der Waals surface area contributed by atoms with Crippen molar-refractivity contribution in [3.05, 3.63) is 40.7 Å². The predicted molar refractivity (Wildman–Crippen MR) is 108 cm³/mol. The third kappa shape index (κ3) is 4.88. The number of pyridine rings is 1. The molecular weight excluding hydrogens is 324 g/mol. The summed E-state index contributed by atoms with van der Waals surface area (Å²) >= 11 is 0. The van der Waals surface area contributed by atoms with Gasteiger partial charge in [-0.25, -0.2) is 0 Å². The number of fused-ring (bicyclic) bond motifs is 1. The molecule has 0 bridgehead atoms. The summed E-state index contributed by atoms with van der Waals surface area (Å²) in [7, 11) is 4.09. The van der Waals surface area contributed by atoms with Crippen LogP contribution in [0.1, 0.15) is 51.4 Å². The Bertz CT molecular complexity index is 762. The lowest BCUT2D eigenvalue weighted by Gasteiger charge is -2.31. The Hall–Kier alpha value is -1.81. The molecule has 1 aliphatic rings. The first-order valence-corrected chi connectivity index (χ1v) is 10.1. The molecule has 0 amide bonds. The van der Waals surface area contributed by atoms with Crippen LogP contribution in [0.25, 0.3) is 10.9 Å². The van der Waals surface area contributed by atoms with E-state index in [9.17, 15) is 4.79 Å². The zero-order chi connectivity index (χ0) is 18.4. The van der Waals surface area contributed by atoms with Crippen molar-refractivity contribution in [2.75, 3.05) is 20.2 Å². The third-order valence-corrected chi connectivity index (χ3v) is 5.72. The molecule has 3 rings (SSSR count). The van der Waals surface area contributed by atoms with Crippen molar-refractivity contribution in [3.8, 4) is 5.75 Å². The summed E-state index contributed by atoms with van der Waals surface area (Å²) in [5, 5.41) is 1.04. The predicted octanol–water partition coefficient (Wildman–Crippen LogP) is 4.35. The van der Waals surface area contributed by atoms with Crippen LogP contribution < -0.4 is 10.3 Å². The molecule has 26 heavy (non-hydrogen) atoms. The monoisotopic (exact) mass is 356 g/mol. The maximum atomic E-state index is 11.7. The van der Waals surface area contributed by atoms with Crippen LogP contribution in [0.3, 0.4) is 0 Å². The Morgan fingerprint density at radius 3 is 2.69 bits per heavy atom. The second kappa shape index (κ2) is 9.22. The van der Waals surface area contributed by atoms with Crippen molar-refractivity contribution in [1.29, 1.82) is 0 Å². The van der Waals surface area contributed by atoms with Gasteiger partial charge in [0.1, 0.15) is 5.75 Å². The Balaban J connectivity index is 1.38. The lowest BCUT2D eigenvalue weighted by atomic mass is 9.94. The number of hydrogen-bond acceptors (Lipinski definition) is 3. The molecular formula is C22H32N2O2. The number of nitrogens with zero attached hydrogens (tertiary/aromatic N) is 2. The minimum Gasteiger partial charge on any atom is -0.494 e. The fraction of sp³-hybridized carbons (Fsp3) is 0.591. The molecule has 4 heteroatoms. The smallest absolute Gasteiger partial charge is 0.250 e. The molecule has 1 saturated carbocycles. The Kier molecular flexibility index (Phi) is 6.73. The number of aromatic nitrogens is 1. The largest absolute Gasteiger partial charge is 0.494 e. The Morgan fingerprint density at radius 2 is 1.88 bits per heavy atom. The molecule has 4 nitrogen and oxygen atoms in total. The molecule has 0 aliphatic heterocycles. The van der Waals surface area contributed by atoms with E-state index >= 15 is 0 Å². The summed E-state index contributed by atoms with van der Waals surface area (Å²) < 4.78 is 7.58. The first-order chi connectivity index (χ1) is 12.6. The molecule has 0 saturated heterocycles. The molecule has 142 valence electrons. The summed E-state index contributed by atoms with van der Waals surface area (Å²) in [6.07, 6.45) is 10.5. The van der Waals surface area contributed by atoms with Gasteiger partial charge in [0.05, 0.1) is 12.1 Å². The van der Waals surface area contributed by atoms with Crippen molar-refractivity contribution in [2.45, 2.75) is 57.4 Å². The fourth-order valence-electron chi connectivity index (χ4n) is 3.99. The van der Waals surface area contributed by atoms with E-state index in [-0.39, 0.29) is 5.56 Å². The topological polar surface area (TPSA) is 34.5 Å². The molecule has 1 aliphatic carbocycles. The summed E-state index contributed by atoms with van der Waals surface area (Å²) in [6, 6.07) is 10.2. The Labute approximate surface area is 156 Å².